The lowest BCUT2D eigenvalue weighted by Crippen LogP contribution is -2.43. The third-order valence-electron chi connectivity index (χ3n) is 1.60. The second kappa shape index (κ2) is 6.34. The highest BCUT2D eigenvalue weighted by molar-refractivity contribution is 6.32. The van der Waals surface area contributed by atoms with Gasteiger partial charge in [0.1, 0.15) is 6.54 Å². The highest BCUT2D eigenvalue weighted by atomic mass is 19.4. The van der Waals surface area contributed by atoms with Crippen LogP contribution in [0.5, 0.6) is 0 Å². The van der Waals surface area contributed by atoms with Gasteiger partial charge in [-0.2, -0.15) is 13.2 Å². The van der Waals surface area contributed by atoms with Crippen LogP contribution in [0.15, 0.2) is 0 Å². The summed E-state index contributed by atoms with van der Waals surface area (Å²) in [5.74, 6) is -2.50. The van der Waals surface area contributed by atoms with Crippen LogP contribution < -0.4 is 0 Å². The smallest absolute Gasteiger partial charge is 0.406 e. The van der Waals surface area contributed by atoms with Crippen LogP contribution in [-0.4, -0.2) is 42.6 Å². The summed E-state index contributed by atoms with van der Waals surface area (Å²) < 4.78 is 40.6. The van der Waals surface area contributed by atoms with Crippen LogP contribution in [-0.2, 0) is 14.3 Å². The summed E-state index contributed by atoms with van der Waals surface area (Å²) in [6.45, 7) is 1.48. The Morgan fingerprint density at radius 2 is 1.81 bits per heavy atom. The van der Waals surface area contributed by atoms with Gasteiger partial charge in [-0.15, -0.1) is 0 Å². The van der Waals surface area contributed by atoms with Crippen LogP contribution >= 0.6 is 0 Å². The third kappa shape index (κ3) is 5.57. The van der Waals surface area contributed by atoms with Gasteiger partial charge in [-0.25, -0.2) is 4.79 Å². The van der Waals surface area contributed by atoms with E-state index in [1.165, 1.54) is 6.92 Å². The van der Waals surface area contributed by atoms with Crippen LogP contribution in [0.25, 0.3) is 0 Å². The van der Waals surface area contributed by atoms with E-state index in [0.717, 1.165) is 0 Å². The van der Waals surface area contributed by atoms with Gasteiger partial charge < -0.3 is 9.64 Å². The van der Waals surface area contributed by atoms with Crippen molar-refractivity contribution in [2.45, 2.75) is 26.4 Å². The van der Waals surface area contributed by atoms with Gasteiger partial charge in [0.15, 0.2) is 0 Å². The fourth-order valence-electron chi connectivity index (χ4n) is 1.06. The number of amides is 1. The Labute approximate surface area is 91.4 Å². The van der Waals surface area contributed by atoms with Crippen molar-refractivity contribution in [3.8, 4) is 0 Å². The van der Waals surface area contributed by atoms with Crippen molar-refractivity contribution in [1.82, 2.24) is 4.90 Å². The predicted molar refractivity (Wildman–Crippen MR) is 49.6 cm³/mol. The standard InChI is InChI=1S/C9H14F3NO3/c1-3-5-13(6-9(10,11)12)7(14)8(15)16-4-2/h3-6H2,1-2H3. The van der Waals surface area contributed by atoms with Crippen LogP contribution in [0.1, 0.15) is 20.3 Å². The van der Waals surface area contributed by atoms with E-state index in [4.69, 9.17) is 0 Å². The zero-order valence-electron chi connectivity index (χ0n) is 9.13. The molecule has 0 spiro atoms. The van der Waals surface area contributed by atoms with Crippen molar-refractivity contribution in [3.05, 3.63) is 0 Å². The molecule has 0 aromatic heterocycles. The first-order chi connectivity index (χ1) is 7.31. The van der Waals surface area contributed by atoms with E-state index in [0.29, 0.717) is 11.3 Å². The van der Waals surface area contributed by atoms with Crippen molar-refractivity contribution in [3.63, 3.8) is 0 Å². The average Bonchev–Trinajstić information content (AvgIpc) is 2.14. The Morgan fingerprint density at radius 1 is 1.25 bits per heavy atom. The fraction of sp³-hybridized carbons (Fsp3) is 0.778. The number of hydrogen-bond donors (Lipinski definition) is 0. The van der Waals surface area contributed by atoms with Crippen molar-refractivity contribution >= 4 is 11.9 Å². The molecule has 0 heterocycles. The van der Waals surface area contributed by atoms with Crippen LogP contribution in [0, 0.1) is 0 Å². The maximum atomic E-state index is 12.1. The number of rotatable bonds is 4. The SMILES string of the molecule is CCCN(CC(F)(F)F)C(=O)C(=O)OCC. The Bertz CT molecular complexity index is 253. The van der Waals surface area contributed by atoms with Gasteiger partial charge in [0.25, 0.3) is 0 Å². The molecule has 0 atom stereocenters. The first-order valence-corrected chi connectivity index (χ1v) is 4.84. The summed E-state index contributed by atoms with van der Waals surface area (Å²) in [4.78, 5) is 22.7. The van der Waals surface area contributed by atoms with Gasteiger partial charge in [-0.3, -0.25) is 4.79 Å². The molecule has 0 aliphatic carbocycles. The summed E-state index contributed by atoms with van der Waals surface area (Å²) >= 11 is 0. The Morgan fingerprint density at radius 3 is 2.19 bits per heavy atom. The van der Waals surface area contributed by atoms with E-state index < -0.39 is 24.6 Å². The quantitative estimate of drug-likeness (QED) is 0.551. The number of nitrogens with zero attached hydrogens (tertiary/aromatic N) is 1. The number of halogens is 3. The van der Waals surface area contributed by atoms with Gasteiger partial charge in [0.05, 0.1) is 6.61 Å². The second-order valence-corrected chi connectivity index (χ2v) is 3.06. The van der Waals surface area contributed by atoms with E-state index in [9.17, 15) is 22.8 Å². The number of carbonyl (C=O) groups excluding carboxylic acids is 2. The molecular weight excluding hydrogens is 227 g/mol. The molecule has 0 unspecified atom stereocenters. The molecule has 7 heteroatoms. The molecule has 0 saturated carbocycles. The molecule has 0 aliphatic rings. The van der Waals surface area contributed by atoms with Gasteiger partial charge >= 0.3 is 18.1 Å². The molecule has 0 N–H and O–H groups in total. The van der Waals surface area contributed by atoms with E-state index in [2.05, 4.69) is 4.74 Å². The summed E-state index contributed by atoms with van der Waals surface area (Å²) in [5.41, 5.74) is 0. The average molecular weight is 241 g/mol. The molecule has 0 bridgehead atoms. The molecule has 0 aromatic rings. The predicted octanol–water partition coefficient (Wildman–Crippen LogP) is 1.35. The molecule has 0 aromatic carbocycles. The Hall–Kier alpha value is -1.27. The molecular formula is C9H14F3NO3. The highest BCUT2D eigenvalue weighted by Gasteiger charge is 2.35. The molecule has 4 nitrogen and oxygen atoms in total. The Balaban J connectivity index is 4.52. The lowest BCUT2D eigenvalue weighted by Gasteiger charge is -2.22. The molecule has 0 aliphatic heterocycles. The maximum Gasteiger partial charge on any atom is 0.406 e. The monoisotopic (exact) mass is 241 g/mol. The largest absolute Gasteiger partial charge is 0.459 e. The van der Waals surface area contributed by atoms with Crippen LogP contribution in [0.3, 0.4) is 0 Å². The zero-order chi connectivity index (χ0) is 12.8. The summed E-state index contributed by atoms with van der Waals surface area (Å²) in [6.07, 6.45) is -4.18. The van der Waals surface area contributed by atoms with Crippen molar-refractivity contribution in [2.24, 2.45) is 0 Å². The number of hydrogen-bond acceptors (Lipinski definition) is 3. The minimum Gasteiger partial charge on any atom is -0.459 e. The molecule has 1 amide bonds. The van der Waals surface area contributed by atoms with Crippen LogP contribution in [0.4, 0.5) is 13.2 Å². The molecule has 16 heavy (non-hydrogen) atoms. The molecule has 0 rings (SSSR count). The maximum absolute atomic E-state index is 12.1. The van der Waals surface area contributed by atoms with Gasteiger partial charge in [0, 0.05) is 6.54 Å². The topological polar surface area (TPSA) is 46.6 Å². The van der Waals surface area contributed by atoms with Crippen molar-refractivity contribution in [1.29, 1.82) is 0 Å². The third-order valence-corrected chi connectivity index (χ3v) is 1.60. The molecule has 94 valence electrons. The lowest BCUT2D eigenvalue weighted by atomic mass is 10.3. The van der Waals surface area contributed by atoms with E-state index in [1.54, 1.807) is 6.92 Å². The van der Waals surface area contributed by atoms with Crippen molar-refractivity contribution < 1.29 is 27.5 Å². The molecule has 0 radical (unpaired) electrons. The van der Waals surface area contributed by atoms with E-state index >= 15 is 0 Å². The molecule has 0 saturated heterocycles. The first-order valence-electron chi connectivity index (χ1n) is 4.84. The van der Waals surface area contributed by atoms with E-state index in [-0.39, 0.29) is 13.2 Å². The van der Waals surface area contributed by atoms with Gasteiger partial charge in [-0.1, -0.05) is 6.92 Å². The number of ether oxygens (including phenoxy) is 1. The van der Waals surface area contributed by atoms with Gasteiger partial charge in [0.2, 0.25) is 0 Å². The van der Waals surface area contributed by atoms with Gasteiger partial charge in [-0.05, 0) is 13.3 Å². The minimum atomic E-state index is -4.52. The summed E-state index contributed by atoms with van der Waals surface area (Å²) in [5, 5.41) is 0. The van der Waals surface area contributed by atoms with Crippen molar-refractivity contribution in [2.75, 3.05) is 19.7 Å². The highest BCUT2D eigenvalue weighted by Crippen LogP contribution is 2.16. The minimum absolute atomic E-state index is 0.0451. The normalized spacial score (nSPS) is 11.1. The zero-order valence-corrected chi connectivity index (χ0v) is 9.13. The lowest BCUT2D eigenvalue weighted by molar-refractivity contribution is -0.172. The second-order valence-electron chi connectivity index (χ2n) is 3.06. The Kier molecular flexibility index (Phi) is 5.84. The number of alkyl halides is 3. The van der Waals surface area contributed by atoms with Crippen LogP contribution in [0.2, 0.25) is 0 Å². The molecule has 0 fully saturated rings. The summed E-state index contributed by atoms with van der Waals surface area (Å²) in [7, 11) is 0. The van der Waals surface area contributed by atoms with E-state index in [1.807, 2.05) is 0 Å². The first kappa shape index (κ1) is 14.7. The number of carbonyl (C=O) groups is 2. The fourth-order valence-corrected chi connectivity index (χ4v) is 1.06. The number of esters is 1. The summed E-state index contributed by atoms with van der Waals surface area (Å²) in [6, 6.07) is 0.